The predicted octanol–water partition coefficient (Wildman–Crippen LogP) is 3.18. The van der Waals surface area contributed by atoms with Gasteiger partial charge in [-0.1, -0.05) is 6.08 Å². The Morgan fingerprint density at radius 3 is 2.72 bits per heavy atom. The minimum Gasteiger partial charge on any atom is -0.304 e. The number of halogens is 1. The van der Waals surface area contributed by atoms with Crippen molar-refractivity contribution in [3.63, 3.8) is 0 Å². The van der Waals surface area contributed by atoms with E-state index >= 15 is 0 Å². The molecule has 1 aliphatic rings. The predicted molar refractivity (Wildman–Crippen MR) is 110 cm³/mol. The van der Waals surface area contributed by atoms with Gasteiger partial charge in [0.1, 0.15) is 5.65 Å². The summed E-state index contributed by atoms with van der Waals surface area (Å²) in [5.41, 5.74) is 4.72. The number of fused-ring (bicyclic) bond motifs is 2. The summed E-state index contributed by atoms with van der Waals surface area (Å²) >= 11 is 0. The average Bonchev–Trinajstić information content (AvgIpc) is 3.09. The van der Waals surface area contributed by atoms with Crippen molar-refractivity contribution < 1.29 is 4.39 Å². The summed E-state index contributed by atoms with van der Waals surface area (Å²) in [6.45, 7) is 3.63. The average molecular weight is 389 g/mol. The number of aryl methyl sites for hydroxylation is 1. The summed E-state index contributed by atoms with van der Waals surface area (Å²) < 4.78 is 17.6. The summed E-state index contributed by atoms with van der Waals surface area (Å²) in [5.74, 6) is -0.397. The molecule has 5 rings (SSSR count). The molecule has 7 heteroatoms. The number of rotatable bonds is 2. The molecule has 0 aromatic carbocycles. The molecule has 29 heavy (non-hydrogen) atoms. The molecular formula is C22H20FN5O. The number of imidazole rings is 1. The molecule has 0 N–H and O–H groups in total. The van der Waals surface area contributed by atoms with Crippen LogP contribution in [0.4, 0.5) is 4.39 Å². The van der Waals surface area contributed by atoms with Crippen LogP contribution in [0.5, 0.6) is 0 Å². The third kappa shape index (κ3) is 3.13. The van der Waals surface area contributed by atoms with E-state index in [-0.39, 0.29) is 5.56 Å². The Bertz CT molecular complexity index is 1350. The second-order valence-electron chi connectivity index (χ2n) is 7.56. The standard InChI is InChI=1S/C22H20FN5O/c1-14-11-27-12-17(9-18(23)22(27)24-14)16-3-4-20-25-19(10-21(29)28(20)13-16)15-5-7-26(2)8-6-15/h3-5,9-13H,6-8H2,1-2H3. The van der Waals surface area contributed by atoms with Gasteiger partial charge in [-0.25, -0.2) is 14.4 Å². The first-order valence-corrected chi connectivity index (χ1v) is 9.54. The topological polar surface area (TPSA) is 54.9 Å². The van der Waals surface area contributed by atoms with Crippen LogP contribution in [0.1, 0.15) is 17.8 Å². The van der Waals surface area contributed by atoms with Crippen LogP contribution in [0.15, 0.2) is 53.7 Å². The Morgan fingerprint density at radius 1 is 1.07 bits per heavy atom. The normalized spacial score (nSPS) is 15.2. The zero-order valence-corrected chi connectivity index (χ0v) is 16.3. The lowest BCUT2D eigenvalue weighted by atomic mass is 10.0. The number of nitrogens with zero attached hydrogens (tertiary/aromatic N) is 5. The SMILES string of the molecule is Cc1cn2cc(-c3ccc4nc(C5=CCN(C)CC5)cc(=O)n4c3)cc(F)c2n1. The number of pyridine rings is 2. The van der Waals surface area contributed by atoms with E-state index in [1.165, 1.54) is 10.5 Å². The summed E-state index contributed by atoms with van der Waals surface area (Å²) in [5, 5.41) is 0. The highest BCUT2D eigenvalue weighted by Gasteiger charge is 2.14. The molecule has 0 unspecified atom stereocenters. The lowest BCUT2D eigenvalue weighted by Crippen LogP contribution is -2.24. The molecule has 0 aliphatic carbocycles. The van der Waals surface area contributed by atoms with Crippen LogP contribution in [0.3, 0.4) is 0 Å². The van der Waals surface area contributed by atoms with Crippen LogP contribution in [0.2, 0.25) is 0 Å². The van der Waals surface area contributed by atoms with Gasteiger partial charge in [0.2, 0.25) is 0 Å². The van der Waals surface area contributed by atoms with Crippen molar-refractivity contribution in [2.24, 2.45) is 0 Å². The van der Waals surface area contributed by atoms with E-state index in [4.69, 9.17) is 0 Å². The molecule has 4 aromatic heterocycles. The molecule has 0 bridgehead atoms. The Kier molecular flexibility index (Phi) is 4.06. The summed E-state index contributed by atoms with van der Waals surface area (Å²) in [4.78, 5) is 23.9. The van der Waals surface area contributed by atoms with Crippen LogP contribution < -0.4 is 5.56 Å². The van der Waals surface area contributed by atoms with Crippen molar-refractivity contribution in [3.8, 4) is 11.1 Å². The molecule has 0 saturated carbocycles. The van der Waals surface area contributed by atoms with Crippen LogP contribution >= 0.6 is 0 Å². The summed E-state index contributed by atoms with van der Waals surface area (Å²) in [7, 11) is 2.07. The van der Waals surface area contributed by atoms with Gasteiger partial charge in [-0.3, -0.25) is 9.20 Å². The fourth-order valence-corrected chi connectivity index (χ4v) is 3.78. The van der Waals surface area contributed by atoms with Gasteiger partial charge < -0.3 is 9.30 Å². The van der Waals surface area contributed by atoms with E-state index in [0.717, 1.165) is 42.0 Å². The van der Waals surface area contributed by atoms with Gasteiger partial charge in [-0.2, -0.15) is 0 Å². The van der Waals surface area contributed by atoms with E-state index in [1.807, 2.05) is 19.2 Å². The quantitative estimate of drug-likeness (QED) is 0.528. The lowest BCUT2D eigenvalue weighted by Gasteiger charge is -2.21. The van der Waals surface area contributed by atoms with E-state index in [0.29, 0.717) is 16.9 Å². The van der Waals surface area contributed by atoms with Gasteiger partial charge in [0.15, 0.2) is 11.5 Å². The van der Waals surface area contributed by atoms with E-state index in [9.17, 15) is 9.18 Å². The van der Waals surface area contributed by atoms with Crippen molar-refractivity contribution in [1.82, 2.24) is 23.7 Å². The largest absolute Gasteiger partial charge is 0.304 e. The number of hydrogen-bond donors (Lipinski definition) is 0. The molecule has 0 saturated heterocycles. The monoisotopic (exact) mass is 389 g/mol. The van der Waals surface area contributed by atoms with Gasteiger partial charge in [0.25, 0.3) is 5.56 Å². The molecular weight excluding hydrogens is 369 g/mol. The Labute approximate surface area is 166 Å². The fraction of sp³-hybridized carbons (Fsp3) is 0.227. The van der Waals surface area contributed by atoms with Crippen molar-refractivity contribution in [1.29, 1.82) is 0 Å². The molecule has 4 aromatic rings. The molecule has 5 heterocycles. The highest BCUT2D eigenvalue weighted by molar-refractivity contribution is 5.68. The lowest BCUT2D eigenvalue weighted by molar-refractivity contribution is 0.369. The van der Waals surface area contributed by atoms with Gasteiger partial charge in [0, 0.05) is 48.9 Å². The number of likely N-dealkylation sites (N-methyl/N-ethyl adjacent to an activating group) is 1. The Morgan fingerprint density at radius 2 is 1.93 bits per heavy atom. The first kappa shape index (κ1) is 17.8. The van der Waals surface area contributed by atoms with Crippen LogP contribution in [0, 0.1) is 12.7 Å². The molecule has 0 radical (unpaired) electrons. The Hall–Kier alpha value is -3.32. The van der Waals surface area contributed by atoms with Gasteiger partial charge >= 0.3 is 0 Å². The van der Waals surface area contributed by atoms with E-state index in [2.05, 4.69) is 28.0 Å². The maximum atomic E-state index is 14.5. The van der Waals surface area contributed by atoms with Crippen molar-refractivity contribution in [3.05, 3.63) is 76.5 Å². The smallest absolute Gasteiger partial charge is 0.258 e. The van der Waals surface area contributed by atoms with Gasteiger partial charge in [-0.05, 0) is 44.2 Å². The molecule has 1 aliphatic heterocycles. The molecule has 0 fully saturated rings. The van der Waals surface area contributed by atoms with Crippen molar-refractivity contribution >= 4 is 16.9 Å². The van der Waals surface area contributed by atoms with Crippen LogP contribution in [-0.4, -0.2) is 43.8 Å². The third-order valence-corrected chi connectivity index (χ3v) is 5.36. The highest BCUT2D eigenvalue weighted by atomic mass is 19.1. The van der Waals surface area contributed by atoms with Crippen molar-refractivity contribution in [2.75, 3.05) is 20.1 Å². The van der Waals surface area contributed by atoms with Gasteiger partial charge in [-0.15, -0.1) is 0 Å². The first-order valence-electron chi connectivity index (χ1n) is 9.54. The second-order valence-corrected chi connectivity index (χ2v) is 7.56. The molecule has 0 atom stereocenters. The molecule has 0 amide bonds. The minimum absolute atomic E-state index is 0.147. The summed E-state index contributed by atoms with van der Waals surface area (Å²) in [6.07, 6.45) is 8.30. The maximum absolute atomic E-state index is 14.5. The van der Waals surface area contributed by atoms with Gasteiger partial charge in [0.05, 0.1) is 11.4 Å². The van der Waals surface area contributed by atoms with E-state index < -0.39 is 5.82 Å². The zero-order valence-electron chi connectivity index (χ0n) is 16.3. The molecule has 6 nitrogen and oxygen atoms in total. The number of aromatic nitrogens is 4. The molecule has 146 valence electrons. The Balaban J connectivity index is 1.60. The number of hydrogen-bond acceptors (Lipinski definition) is 4. The molecule has 0 spiro atoms. The van der Waals surface area contributed by atoms with Crippen molar-refractivity contribution in [2.45, 2.75) is 13.3 Å². The summed E-state index contributed by atoms with van der Waals surface area (Å²) in [6, 6.07) is 6.69. The first-order chi connectivity index (χ1) is 14.0. The zero-order chi connectivity index (χ0) is 20.1. The fourth-order valence-electron chi connectivity index (χ4n) is 3.78. The van der Waals surface area contributed by atoms with Crippen LogP contribution in [-0.2, 0) is 0 Å². The third-order valence-electron chi connectivity index (χ3n) is 5.36. The van der Waals surface area contributed by atoms with E-state index in [1.54, 1.807) is 28.9 Å². The minimum atomic E-state index is -0.397. The highest BCUT2D eigenvalue weighted by Crippen LogP contribution is 2.24. The maximum Gasteiger partial charge on any atom is 0.258 e. The second kappa shape index (κ2) is 6.63. The van der Waals surface area contributed by atoms with Crippen LogP contribution in [0.25, 0.3) is 28.0 Å².